The molecule has 0 bridgehead atoms. The molecule has 1 atom stereocenters. The first kappa shape index (κ1) is 13.9. The first-order chi connectivity index (χ1) is 10.1. The molecule has 0 radical (unpaired) electrons. The van der Waals surface area contributed by atoms with E-state index in [4.69, 9.17) is 5.73 Å². The molecule has 5 heteroatoms. The number of rotatable bonds is 3. The maximum absolute atomic E-state index is 13.5. The molecule has 110 valence electrons. The van der Waals surface area contributed by atoms with Gasteiger partial charge in [-0.25, -0.2) is 13.2 Å². The Kier molecular flexibility index (Phi) is 3.59. The smallest absolute Gasteiger partial charge is 0.159 e. The zero-order valence-electron chi connectivity index (χ0n) is 11.3. The normalized spacial score (nSPS) is 15.1. The predicted octanol–water partition coefficient (Wildman–Crippen LogP) is 3.17. The minimum Gasteiger partial charge on any atom is -0.363 e. The largest absolute Gasteiger partial charge is 0.363 e. The zero-order chi connectivity index (χ0) is 15.0. The summed E-state index contributed by atoms with van der Waals surface area (Å²) in [5, 5.41) is 0. The van der Waals surface area contributed by atoms with Crippen molar-refractivity contribution in [1.29, 1.82) is 0 Å². The van der Waals surface area contributed by atoms with Gasteiger partial charge in [-0.3, -0.25) is 0 Å². The van der Waals surface area contributed by atoms with Crippen molar-refractivity contribution in [1.82, 2.24) is 0 Å². The summed E-state index contributed by atoms with van der Waals surface area (Å²) in [6.07, 6.45) is 0.787. The quantitative estimate of drug-likeness (QED) is 0.941. The summed E-state index contributed by atoms with van der Waals surface area (Å²) in [7, 11) is 0. The molecule has 1 aliphatic rings. The number of nitrogens with zero attached hydrogens (tertiary/aromatic N) is 1. The second-order valence-corrected chi connectivity index (χ2v) is 5.14. The first-order valence-electron chi connectivity index (χ1n) is 6.80. The topological polar surface area (TPSA) is 29.3 Å². The number of fused-ring (bicyclic) bond motifs is 1. The monoisotopic (exact) mass is 292 g/mol. The van der Waals surface area contributed by atoms with Crippen LogP contribution in [0.2, 0.25) is 0 Å². The number of halogens is 3. The van der Waals surface area contributed by atoms with Gasteiger partial charge in [-0.1, -0.05) is 12.1 Å². The average molecular weight is 292 g/mol. The Morgan fingerprint density at radius 2 is 1.86 bits per heavy atom. The number of benzene rings is 2. The van der Waals surface area contributed by atoms with Gasteiger partial charge < -0.3 is 10.6 Å². The number of hydrogen-bond donors (Lipinski definition) is 1. The summed E-state index contributed by atoms with van der Waals surface area (Å²) in [6.45, 7) is 0.917. The summed E-state index contributed by atoms with van der Waals surface area (Å²) < 4.78 is 39.9. The SMILES string of the molecule is NCC(c1ccc(F)c(F)c1)N1CCc2ccc(F)cc21. The Hall–Kier alpha value is -2.01. The van der Waals surface area contributed by atoms with E-state index in [-0.39, 0.29) is 18.4 Å². The Morgan fingerprint density at radius 1 is 1.05 bits per heavy atom. The summed E-state index contributed by atoms with van der Waals surface area (Å²) >= 11 is 0. The minimum absolute atomic E-state index is 0.237. The summed E-state index contributed by atoms with van der Waals surface area (Å²) in [5.41, 5.74) is 8.22. The second-order valence-electron chi connectivity index (χ2n) is 5.14. The highest BCUT2D eigenvalue weighted by atomic mass is 19.2. The number of anilines is 1. The van der Waals surface area contributed by atoms with Crippen molar-refractivity contribution in [3.8, 4) is 0 Å². The van der Waals surface area contributed by atoms with Gasteiger partial charge >= 0.3 is 0 Å². The van der Waals surface area contributed by atoms with Crippen LogP contribution in [-0.2, 0) is 6.42 Å². The van der Waals surface area contributed by atoms with Crippen LogP contribution < -0.4 is 10.6 Å². The molecule has 0 saturated heterocycles. The van der Waals surface area contributed by atoms with Gasteiger partial charge in [0.15, 0.2) is 11.6 Å². The molecular weight excluding hydrogens is 277 g/mol. The van der Waals surface area contributed by atoms with Crippen molar-refractivity contribution in [2.75, 3.05) is 18.0 Å². The molecule has 2 aromatic carbocycles. The van der Waals surface area contributed by atoms with Gasteiger partial charge in [-0.15, -0.1) is 0 Å². The van der Waals surface area contributed by atoms with Crippen LogP contribution in [0.5, 0.6) is 0 Å². The molecule has 1 heterocycles. The van der Waals surface area contributed by atoms with E-state index in [0.29, 0.717) is 12.1 Å². The van der Waals surface area contributed by atoms with Crippen LogP contribution in [0.15, 0.2) is 36.4 Å². The van der Waals surface area contributed by atoms with Crippen molar-refractivity contribution in [2.24, 2.45) is 5.73 Å². The maximum atomic E-state index is 13.5. The summed E-state index contributed by atoms with van der Waals surface area (Å²) in [5.74, 6) is -2.10. The van der Waals surface area contributed by atoms with Gasteiger partial charge in [0.05, 0.1) is 6.04 Å². The third-order valence-electron chi connectivity index (χ3n) is 3.91. The molecule has 0 spiro atoms. The van der Waals surface area contributed by atoms with E-state index in [9.17, 15) is 13.2 Å². The molecule has 0 amide bonds. The van der Waals surface area contributed by atoms with E-state index >= 15 is 0 Å². The fourth-order valence-corrected chi connectivity index (χ4v) is 2.86. The van der Waals surface area contributed by atoms with Gasteiger partial charge in [0.25, 0.3) is 0 Å². The number of nitrogens with two attached hydrogens (primary N) is 1. The highest BCUT2D eigenvalue weighted by molar-refractivity contribution is 5.59. The molecule has 0 saturated carbocycles. The third-order valence-corrected chi connectivity index (χ3v) is 3.91. The van der Waals surface area contributed by atoms with Crippen LogP contribution in [0.4, 0.5) is 18.9 Å². The third kappa shape index (κ3) is 2.49. The van der Waals surface area contributed by atoms with Crippen LogP contribution in [-0.4, -0.2) is 13.1 Å². The van der Waals surface area contributed by atoms with Gasteiger partial charge in [-0.2, -0.15) is 0 Å². The highest BCUT2D eigenvalue weighted by Gasteiger charge is 2.27. The van der Waals surface area contributed by atoms with E-state index in [2.05, 4.69) is 0 Å². The van der Waals surface area contributed by atoms with Crippen LogP contribution in [0, 0.1) is 17.5 Å². The van der Waals surface area contributed by atoms with Gasteiger partial charge in [-0.05, 0) is 41.8 Å². The molecule has 3 rings (SSSR count). The highest BCUT2D eigenvalue weighted by Crippen LogP contribution is 2.35. The van der Waals surface area contributed by atoms with Gasteiger partial charge in [0.1, 0.15) is 5.82 Å². The first-order valence-corrected chi connectivity index (χ1v) is 6.80. The van der Waals surface area contributed by atoms with E-state index in [0.717, 1.165) is 29.8 Å². The lowest BCUT2D eigenvalue weighted by atomic mass is 10.0. The fraction of sp³-hybridized carbons (Fsp3) is 0.250. The molecule has 2 nitrogen and oxygen atoms in total. The lowest BCUT2D eigenvalue weighted by molar-refractivity contribution is 0.504. The molecule has 2 aromatic rings. The Labute approximate surface area is 121 Å². The van der Waals surface area contributed by atoms with Crippen molar-refractivity contribution >= 4 is 5.69 Å². The molecule has 2 N–H and O–H groups in total. The maximum Gasteiger partial charge on any atom is 0.159 e. The minimum atomic E-state index is -0.899. The van der Waals surface area contributed by atoms with Gasteiger partial charge in [0, 0.05) is 18.8 Å². The Bertz CT molecular complexity index is 673. The molecular formula is C16H15F3N2. The zero-order valence-corrected chi connectivity index (χ0v) is 11.3. The standard InChI is InChI=1S/C16H15F3N2/c17-12-3-1-10-5-6-21(15(10)8-12)16(9-20)11-2-4-13(18)14(19)7-11/h1-4,7-8,16H,5-6,9,20H2. The summed E-state index contributed by atoms with van der Waals surface area (Å²) in [4.78, 5) is 1.95. The molecule has 0 fully saturated rings. The number of hydrogen-bond acceptors (Lipinski definition) is 2. The lowest BCUT2D eigenvalue weighted by Gasteiger charge is -2.30. The predicted molar refractivity (Wildman–Crippen MR) is 75.6 cm³/mol. The van der Waals surface area contributed by atoms with Crippen molar-refractivity contribution < 1.29 is 13.2 Å². The van der Waals surface area contributed by atoms with Crippen LogP contribution in [0.1, 0.15) is 17.2 Å². The Morgan fingerprint density at radius 3 is 2.57 bits per heavy atom. The van der Waals surface area contributed by atoms with Crippen LogP contribution in [0.3, 0.4) is 0 Å². The van der Waals surface area contributed by atoms with E-state index < -0.39 is 11.6 Å². The Balaban J connectivity index is 1.98. The van der Waals surface area contributed by atoms with Crippen molar-refractivity contribution in [3.05, 3.63) is 65.0 Å². The van der Waals surface area contributed by atoms with Crippen molar-refractivity contribution in [2.45, 2.75) is 12.5 Å². The summed E-state index contributed by atoms with van der Waals surface area (Å²) in [6, 6.07) is 8.11. The molecule has 0 aliphatic carbocycles. The molecule has 0 aromatic heterocycles. The van der Waals surface area contributed by atoms with Crippen molar-refractivity contribution in [3.63, 3.8) is 0 Å². The lowest BCUT2D eigenvalue weighted by Crippen LogP contribution is -2.32. The average Bonchev–Trinajstić information content (AvgIpc) is 2.87. The van der Waals surface area contributed by atoms with E-state index in [1.807, 2.05) is 4.90 Å². The van der Waals surface area contributed by atoms with Crippen LogP contribution >= 0.6 is 0 Å². The van der Waals surface area contributed by atoms with Crippen LogP contribution in [0.25, 0.3) is 0 Å². The van der Waals surface area contributed by atoms with E-state index in [1.54, 1.807) is 6.07 Å². The molecule has 21 heavy (non-hydrogen) atoms. The fourth-order valence-electron chi connectivity index (χ4n) is 2.86. The molecule has 1 unspecified atom stereocenters. The molecule has 1 aliphatic heterocycles. The van der Waals surface area contributed by atoms with E-state index in [1.165, 1.54) is 18.2 Å². The second kappa shape index (κ2) is 5.41. The van der Waals surface area contributed by atoms with Gasteiger partial charge in [0.2, 0.25) is 0 Å².